The Kier molecular flexibility index (Phi) is 10.3. The molecular formula is C32H40N2O2. The molecule has 0 aromatic heterocycles. The number of hydrogen-bond acceptors (Lipinski definition) is 2. The third kappa shape index (κ3) is 7.81. The van der Waals surface area contributed by atoms with E-state index >= 15 is 0 Å². The third-order valence-corrected chi connectivity index (χ3v) is 6.70. The normalized spacial score (nSPS) is 11.8. The van der Waals surface area contributed by atoms with E-state index in [2.05, 4.69) is 56.4 Å². The molecule has 3 aromatic rings. The quantitative estimate of drug-likeness (QED) is 0.332. The number of carbonyl (C=O) groups is 2. The molecule has 0 aliphatic heterocycles. The van der Waals surface area contributed by atoms with Gasteiger partial charge in [0.2, 0.25) is 11.8 Å². The summed E-state index contributed by atoms with van der Waals surface area (Å²) in [5.41, 5.74) is 5.65. The van der Waals surface area contributed by atoms with Crippen molar-refractivity contribution in [2.24, 2.45) is 0 Å². The van der Waals surface area contributed by atoms with Gasteiger partial charge in [0.25, 0.3) is 0 Å². The first-order valence-corrected chi connectivity index (χ1v) is 13.1. The van der Waals surface area contributed by atoms with E-state index in [1.165, 1.54) is 5.56 Å². The van der Waals surface area contributed by atoms with Crippen molar-refractivity contribution in [1.82, 2.24) is 10.2 Å². The lowest BCUT2D eigenvalue weighted by molar-refractivity contribution is -0.141. The standard InChI is InChI=1S/C32H40N2O2/c1-5-21-33-32(36)30(22-27-12-7-6-8-13-27)34(23-29-14-10-9-11-25(29)4)31(35)20-17-26-15-18-28(19-16-26)24(2)3/h6-16,18-19,24,30H,5,17,20-23H2,1-4H3,(H,33,36)/t30-/m0/s1. The maximum atomic E-state index is 13.8. The summed E-state index contributed by atoms with van der Waals surface area (Å²) in [5.74, 6) is 0.383. The Hall–Kier alpha value is -3.40. The van der Waals surface area contributed by atoms with Crippen LogP contribution in [0.15, 0.2) is 78.9 Å². The second-order valence-corrected chi connectivity index (χ2v) is 9.84. The molecule has 0 saturated heterocycles. The Labute approximate surface area is 216 Å². The van der Waals surface area contributed by atoms with E-state index in [0.29, 0.717) is 38.3 Å². The summed E-state index contributed by atoms with van der Waals surface area (Å²) >= 11 is 0. The minimum absolute atomic E-state index is 0.00114. The van der Waals surface area contributed by atoms with Gasteiger partial charge in [0.05, 0.1) is 0 Å². The molecular weight excluding hydrogens is 444 g/mol. The first-order valence-electron chi connectivity index (χ1n) is 13.1. The first kappa shape index (κ1) is 27.2. The number of amides is 2. The molecule has 0 fully saturated rings. The molecule has 0 aliphatic rings. The van der Waals surface area contributed by atoms with Gasteiger partial charge in [0.15, 0.2) is 0 Å². The highest BCUT2D eigenvalue weighted by molar-refractivity contribution is 5.88. The Morgan fingerprint density at radius 2 is 1.53 bits per heavy atom. The molecule has 0 heterocycles. The molecule has 36 heavy (non-hydrogen) atoms. The van der Waals surface area contributed by atoms with Gasteiger partial charge in [-0.2, -0.15) is 0 Å². The van der Waals surface area contributed by atoms with Gasteiger partial charge in [0, 0.05) is 25.9 Å². The lowest BCUT2D eigenvalue weighted by atomic mass is 9.99. The van der Waals surface area contributed by atoms with Crippen LogP contribution in [0.1, 0.15) is 67.3 Å². The predicted molar refractivity (Wildman–Crippen MR) is 148 cm³/mol. The Morgan fingerprint density at radius 1 is 0.861 bits per heavy atom. The molecule has 1 atom stereocenters. The highest BCUT2D eigenvalue weighted by atomic mass is 16.2. The van der Waals surface area contributed by atoms with Crippen molar-refractivity contribution in [2.75, 3.05) is 6.54 Å². The zero-order chi connectivity index (χ0) is 25.9. The highest BCUT2D eigenvalue weighted by Crippen LogP contribution is 2.20. The second kappa shape index (κ2) is 13.6. The Bertz CT molecular complexity index is 1110. The van der Waals surface area contributed by atoms with Crippen LogP contribution in [0.25, 0.3) is 0 Å². The average molecular weight is 485 g/mol. The molecule has 3 rings (SSSR count). The molecule has 0 radical (unpaired) electrons. The van der Waals surface area contributed by atoms with Crippen LogP contribution in [0.4, 0.5) is 0 Å². The van der Waals surface area contributed by atoms with E-state index in [1.54, 1.807) is 4.90 Å². The molecule has 0 bridgehead atoms. The van der Waals surface area contributed by atoms with Crippen molar-refractivity contribution in [3.05, 3.63) is 107 Å². The summed E-state index contributed by atoms with van der Waals surface area (Å²) in [4.78, 5) is 29.0. The van der Waals surface area contributed by atoms with Crippen LogP contribution in [-0.4, -0.2) is 29.3 Å². The predicted octanol–water partition coefficient (Wildman–Crippen LogP) is 6.22. The maximum Gasteiger partial charge on any atom is 0.243 e. The first-order chi connectivity index (χ1) is 17.4. The van der Waals surface area contributed by atoms with Gasteiger partial charge in [-0.05, 0) is 53.5 Å². The van der Waals surface area contributed by atoms with Gasteiger partial charge in [-0.15, -0.1) is 0 Å². The molecule has 190 valence electrons. The molecule has 0 spiro atoms. The van der Waals surface area contributed by atoms with Crippen LogP contribution in [-0.2, 0) is 29.0 Å². The van der Waals surface area contributed by atoms with Gasteiger partial charge in [-0.1, -0.05) is 99.6 Å². The number of nitrogens with zero attached hydrogens (tertiary/aromatic N) is 1. The summed E-state index contributed by atoms with van der Waals surface area (Å²) < 4.78 is 0. The number of hydrogen-bond donors (Lipinski definition) is 1. The molecule has 3 aromatic carbocycles. The summed E-state index contributed by atoms with van der Waals surface area (Å²) in [6, 6.07) is 26.0. The molecule has 0 aliphatic carbocycles. The van der Waals surface area contributed by atoms with Crippen LogP contribution < -0.4 is 5.32 Å². The van der Waals surface area contributed by atoms with E-state index in [0.717, 1.165) is 28.7 Å². The molecule has 4 heteroatoms. The van der Waals surface area contributed by atoms with Gasteiger partial charge < -0.3 is 10.2 Å². The minimum Gasteiger partial charge on any atom is -0.354 e. The summed E-state index contributed by atoms with van der Waals surface area (Å²) in [5, 5.41) is 3.05. The fraction of sp³-hybridized carbons (Fsp3) is 0.375. The molecule has 4 nitrogen and oxygen atoms in total. The highest BCUT2D eigenvalue weighted by Gasteiger charge is 2.30. The van der Waals surface area contributed by atoms with E-state index in [4.69, 9.17) is 0 Å². The fourth-order valence-electron chi connectivity index (χ4n) is 4.36. The van der Waals surface area contributed by atoms with E-state index in [-0.39, 0.29) is 11.8 Å². The second-order valence-electron chi connectivity index (χ2n) is 9.84. The van der Waals surface area contributed by atoms with Crippen molar-refractivity contribution in [1.29, 1.82) is 0 Å². The fourth-order valence-corrected chi connectivity index (χ4v) is 4.36. The third-order valence-electron chi connectivity index (χ3n) is 6.70. The van der Waals surface area contributed by atoms with Crippen molar-refractivity contribution >= 4 is 11.8 Å². The van der Waals surface area contributed by atoms with E-state index in [1.807, 2.05) is 55.5 Å². The van der Waals surface area contributed by atoms with Gasteiger partial charge >= 0.3 is 0 Å². The van der Waals surface area contributed by atoms with Crippen molar-refractivity contribution in [3.63, 3.8) is 0 Å². The maximum absolute atomic E-state index is 13.8. The zero-order valence-electron chi connectivity index (χ0n) is 22.2. The molecule has 2 amide bonds. The summed E-state index contributed by atoms with van der Waals surface area (Å²) in [6.45, 7) is 9.45. The van der Waals surface area contributed by atoms with Gasteiger partial charge in [-0.3, -0.25) is 9.59 Å². The Morgan fingerprint density at radius 3 is 2.17 bits per heavy atom. The lowest BCUT2D eigenvalue weighted by Gasteiger charge is -2.32. The summed E-state index contributed by atoms with van der Waals surface area (Å²) in [7, 11) is 0. The minimum atomic E-state index is -0.575. The Balaban J connectivity index is 1.87. The van der Waals surface area contributed by atoms with Gasteiger partial charge in [-0.25, -0.2) is 0 Å². The van der Waals surface area contributed by atoms with Crippen molar-refractivity contribution < 1.29 is 9.59 Å². The number of aryl methyl sites for hydroxylation is 2. The lowest BCUT2D eigenvalue weighted by Crippen LogP contribution is -2.50. The van der Waals surface area contributed by atoms with E-state index < -0.39 is 6.04 Å². The van der Waals surface area contributed by atoms with Crippen molar-refractivity contribution in [2.45, 2.75) is 71.9 Å². The van der Waals surface area contributed by atoms with Crippen LogP contribution in [0.3, 0.4) is 0 Å². The number of nitrogens with one attached hydrogen (secondary N) is 1. The van der Waals surface area contributed by atoms with Crippen LogP contribution in [0.5, 0.6) is 0 Å². The van der Waals surface area contributed by atoms with Crippen LogP contribution in [0, 0.1) is 6.92 Å². The van der Waals surface area contributed by atoms with Gasteiger partial charge in [0.1, 0.15) is 6.04 Å². The summed E-state index contributed by atoms with van der Waals surface area (Å²) in [6.07, 6.45) is 2.34. The molecule has 1 N–H and O–H groups in total. The number of carbonyl (C=O) groups excluding carboxylic acids is 2. The number of rotatable bonds is 12. The molecule has 0 unspecified atom stereocenters. The topological polar surface area (TPSA) is 49.4 Å². The monoisotopic (exact) mass is 484 g/mol. The van der Waals surface area contributed by atoms with Crippen LogP contribution in [0.2, 0.25) is 0 Å². The average Bonchev–Trinajstić information content (AvgIpc) is 2.89. The van der Waals surface area contributed by atoms with E-state index in [9.17, 15) is 9.59 Å². The van der Waals surface area contributed by atoms with Crippen LogP contribution >= 0.6 is 0 Å². The largest absolute Gasteiger partial charge is 0.354 e. The van der Waals surface area contributed by atoms with Crippen molar-refractivity contribution in [3.8, 4) is 0 Å². The SMILES string of the molecule is CCCNC(=O)[C@H](Cc1ccccc1)N(Cc1ccccc1C)C(=O)CCc1ccc(C(C)C)cc1. The smallest absolute Gasteiger partial charge is 0.243 e. The molecule has 0 saturated carbocycles. The number of benzene rings is 3. The zero-order valence-corrected chi connectivity index (χ0v) is 22.2.